The van der Waals surface area contributed by atoms with Gasteiger partial charge in [-0.1, -0.05) is 18.0 Å². The number of carbonyl (C=O) groups is 1. The van der Waals surface area contributed by atoms with Gasteiger partial charge in [-0.05, 0) is 19.8 Å². The van der Waals surface area contributed by atoms with Gasteiger partial charge in [0.2, 0.25) is 5.76 Å². The first-order valence-corrected chi connectivity index (χ1v) is 4.99. The van der Waals surface area contributed by atoms with E-state index >= 15 is 0 Å². The summed E-state index contributed by atoms with van der Waals surface area (Å²) in [6.07, 6.45) is 6.14. The summed E-state index contributed by atoms with van der Waals surface area (Å²) in [5.74, 6) is 0.212. The summed E-state index contributed by atoms with van der Waals surface area (Å²) in [6.45, 7) is 1.82. The molecule has 2 rings (SSSR count). The van der Waals surface area contributed by atoms with Gasteiger partial charge in [-0.15, -0.1) is 0 Å². The van der Waals surface area contributed by atoms with E-state index in [1.165, 1.54) is 12.8 Å². The van der Waals surface area contributed by atoms with Crippen LogP contribution in [-0.4, -0.2) is 17.1 Å². The second kappa shape index (κ2) is 3.82. The summed E-state index contributed by atoms with van der Waals surface area (Å²) < 4.78 is 4.87. The molecule has 4 nitrogen and oxygen atoms in total. The zero-order valence-electron chi connectivity index (χ0n) is 8.25. The van der Waals surface area contributed by atoms with Crippen LogP contribution >= 0.6 is 0 Å². The van der Waals surface area contributed by atoms with E-state index in [4.69, 9.17) is 4.52 Å². The van der Waals surface area contributed by atoms with Gasteiger partial charge in [0.05, 0.1) is 6.20 Å². The van der Waals surface area contributed by atoms with Gasteiger partial charge in [-0.25, -0.2) is 0 Å². The van der Waals surface area contributed by atoms with Crippen LogP contribution in [0.3, 0.4) is 0 Å². The third kappa shape index (κ3) is 1.78. The lowest BCUT2D eigenvalue weighted by molar-refractivity contribution is 0.0899. The fraction of sp³-hybridized carbons (Fsp3) is 0.600. The van der Waals surface area contributed by atoms with Crippen molar-refractivity contribution in [2.24, 2.45) is 0 Å². The molecule has 1 aromatic heterocycles. The van der Waals surface area contributed by atoms with Crippen LogP contribution in [0.4, 0.5) is 0 Å². The Balaban J connectivity index is 1.98. The second-order valence-electron chi connectivity index (χ2n) is 3.79. The predicted octanol–water partition coefficient (Wildman–Crippen LogP) is 1.66. The topological polar surface area (TPSA) is 55.1 Å². The fourth-order valence-electron chi connectivity index (χ4n) is 1.83. The SMILES string of the molecule is Cc1cnoc1C(=O)NC1CCCC1. The van der Waals surface area contributed by atoms with Crippen LogP contribution in [0.15, 0.2) is 10.7 Å². The number of aryl methyl sites for hydroxylation is 1. The van der Waals surface area contributed by atoms with Crippen molar-refractivity contribution in [3.63, 3.8) is 0 Å². The van der Waals surface area contributed by atoms with Crippen molar-refractivity contribution in [3.05, 3.63) is 17.5 Å². The Kier molecular flexibility index (Phi) is 2.52. The van der Waals surface area contributed by atoms with E-state index in [0.717, 1.165) is 18.4 Å². The standard InChI is InChI=1S/C10H14N2O2/c1-7-6-11-14-9(7)10(13)12-8-4-2-3-5-8/h6,8H,2-5H2,1H3,(H,12,13). The highest BCUT2D eigenvalue weighted by atomic mass is 16.5. The summed E-state index contributed by atoms with van der Waals surface area (Å²) in [6, 6.07) is 0.326. The monoisotopic (exact) mass is 194 g/mol. The highest BCUT2D eigenvalue weighted by Gasteiger charge is 2.20. The van der Waals surface area contributed by atoms with Gasteiger partial charge in [-0.2, -0.15) is 0 Å². The Morgan fingerprint density at radius 2 is 2.29 bits per heavy atom. The molecule has 14 heavy (non-hydrogen) atoms. The normalized spacial score (nSPS) is 17.2. The average molecular weight is 194 g/mol. The molecule has 1 fully saturated rings. The summed E-state index contributed by atoms with van der Waals surface area (Å²) in [7, 11) is 0. The van der Waals surface area contributed by atoms with Gasteiger partial charge in [0.1, 0.15) is 0 Å². The number of carbonyl (C=O) groups excluding carboxylic acids is 1. The molecule has 76 valence electrons. The minimum atomic E-state index is -0.132. The average Bonchev–Trinajstić information content (AvgIpc) is 2.75. The maximum Gasteiger partial charge on any atom is 0.290 e. The lowest BCUT2D eigenvalue weighted by Gasteiger charge is -2.09. The van der Waals surface area contributed by atoms with E-state index in [1.807, 2.05) is 6.92 Å². The molecular weight excluding hydrogens is 180 g/mol. The first-order valence-electron chi connectivity index (χ1n) is 4.99. The number of nitrogens with zero attached hydrogens (tertiary/aromatic N) is 1. The third-order valence-electron chi connectivity index (χ3n) is 2.65. The molecular formula is C10H14N2O2. The maximum absolute atomic E-state index is 11.6. The Hall–Kier alpha value is -1.32. The van der Waals surface area contributed by atoms with Crippen LogP contribution in [0.5, 0.6) is 0 Å². The van der Waals surface area contributed by atoms with E-state index in [9.17, 15) is 4.79 Å². The van der Waals surface area contributed by atoms with E-state index in [2.05, 4.69) is 10.5 Å². The molecule has 1 aliphatic carbocycles. The molecule has 1 N–H and O–H groups in total. The Bertz CT molecular complexity index is 327. The van der Waals surface area contributed by atoms with Crippen LogP contribution in [0.1, 0.15) is 41.8 Å². The summed E-state index contributed by atoms with van der Waals surface area (Å²) >= 11 is 0. The Morgan fingerprint density at radius 3 is 2.86 bits per heavy atom. The first-order chi connectivity index (χ1) is 6.77. The highest BCUT2D eigenvalue weighted by molar-refractivity contribution is 5.92. The molecule has 0 saturated heterocycles. The smallest absolute Gasteiger partial charge is 0.290 e. The third-order valence-corrected chi connectivity index (χ3v) is 2.65. The van der Waals surface area contributed by atoms with E-state index in [0.29, 0.717) is 11.8 Å². The fourth-order valence-corrected chi connectivity index (χ4v) is 1.83. The van der Waals surface area contributed by atoms with Crippen LogP contribution in [0, 0.1) is 6.92 Å². The van der Waals surface area contributed by atoms with Crippen molar-refractivity contribution in [2.75, 3.05) is 0 Å². The molecule has 0 aliphatic heterocycles. The molecule has 0 unspecified atom stereocenters. The number of aromatic nitrogens is 1. The van der Waals surface area contributed by atoms with E-state index in [1.54, 1.807) is 6.20 Å². The number of rotatable bonds is 2. The minimum Gasteiger partial charge on any atom is -0.351 e. The quantitative estimate of drug-likeness (QED) is 0.778. The molecule has 1 aromatic rings. The van der Waals surface area contributed by atoms with Gasteiger partial charge in [0, 0.05) is 11.6 Å². The van der Waals surface area contributed by atoms with Crippen molar-refractivity contribution in [3.8, 4) is 0 Å². The van der Waals surface area contributed by atoms with E-state index in [-0.39, 0.29) is 5.91 Å². The van der Waals surface area contributed by atoms with Gasteiger partial charge < -0.3 is 9.84 Å². The Labute approximate surface area is 82.7 Å². The molecule has 0 aromatic carbocycles. The Morgan fingerprint density at radius 1 is 1.57 bits per heavy atom. The van der Waals surface area contributed by atoms with Crippen LogP contribution < -0.4 is 5.32 Å². The molecule has 1 saturated carbocycles. The van der Waals surface area contributed by atoms with Crippen LogP contribution in [0.25, 0.3) is 0 Å². The van der Waals surface area contributed by atoms with Gasteiger partial charge in [0.15, 0.2) is 0 Å². The first kappa shape index (κ1) is 9.24. The van der Waals surface area contributed by atoms with E-state index < -0.39 is 0 Å². The lowest BCUT2D eigenvalue weighted by Crippen LogP contribution is -2.32. The molecule has 1 amide bonds. The number of nitrogens with one attached hydrogen (secondary N) is 1. The molecule has 4 heteroatoms. The minimum absolute atomic E-state index is 0.132. The second-order valence-corrected chi connectivity index (χ2v) is 3.79. The van der Waals surface area contributed by atoms with Crippen molar-refractivity contribution in [1.82, 2.24) is 10.5 Å². The molecule has 1 aliphatic rings. The summed E-state index contributed by atoms with van der Waals surface area (Å²) in [5, 5.41) is 6.53. The summed E-state index contributed by atoms with van der Waals surface area (Å²) in [4.78, 5) is 11.6. The van der Waals surface area contributed by atoms with Crippen LogP contribution in [0.2, 0.25) is 0 Å². The van der Waals surface area contributed by atoms with Crippen molar-refractivity contribution in [2.45, 2.75) is 38.6 Å². The van der Waals surface area contributed by atoms with Gasteiger partial charge >= 0.3 is 0 Å². The predicted molar refractivity (Wildman–Crippen MR) is 51.0 cm³/mol. The summed E-state index contributed by atoms with van der Waals surface area (Å²) in [5.41, 5.74) is 0.792. The van der Waals surface area contributed by atoms with Gasteiger partial charge in [-0.3, -0.25) is 4.79 Å². The number of hydrogen-bond acceptors (Lipinski definition) is 3. The molecule has 0 radical (unpaired) electrons. The van der Waals surface area contributed by atoms with Crippen molar-refractivity contribution in [1.29, 1.82) is 0 Å². The number of hydrogen-bond donors (Lipinski definition) is 1. The lowest BCUT2D eigenvalue weighted by atomic mass is 10.2. The maximum atomic E-state index is 11.6. The zero-order valence-corrected chi connectivity index (χ0v) is 8.25. The van der Waals surface area contributed by atoms with Crippen molar-refractivity contribution >= 4 is 5.91 Å². The molecule has 1 heterocycles. The zero-order chi connectivity index (χ0) is 9.97. The molecule has 0 bridgehead atoms. The molecule has 0 atom stereocenters. The van der Waals surface area contributed by atoms with Crippen molar-refractivity contribution < 1.29 is 9.32 Å². The highest BCUT2D eigenvalue weighted by Crippen LogP contribution is 2.18. The number of amides is 1. The van der Waals surface area contributed by atoms with Gasteiger partial charge in [0.25, 0.3) is 5.91 Å². The molecule has 0 spiro atoms. The largest absolute Gasteiger partial charge is 0.351 e. The van der Waals surface area contributed by atoms with Crippen LogP contribution in [-0.2, 0) is 0 Å².